The van der Waals surface area contributed by atoms with Gasteiger partial charge in [0, 0.05) is 55.5 Å². The minimum absolute atomic E-state index is 0.0541. The lowest BCUT2D eigenvalue weighted by Crippen LogP contribution is -2.43. The molecule has 3 aromatic heterocycles. The van der Waals surface area contributed by atoms with Gasteiger partial charge in [-0.15, -0.1) is 0 Å². The molecule has 2 N–H and O–H groups in total. The highest BCUT2D eigenvalue weighted by Gasteiger charge is 2.25. The van der Waals surface area contributed by atoms with E-state index in [1.54, 1.807) is 27.0 Å². The molecule has 5 aromatic rings. The van der Waals surface area contributed by atoms with E-state index in [9.17, 15) is 18.8 Å². The van der Waals surface area contributed by atoms with E-state index in [0.29, 0.717) is 27.9 Å². The van der Waals surface area contributed by atoms with Gasteiger partial charge in [0.2, 0.25) is 0 Å². The number of pyridine rings is 1. The number of nitrogens with zero attached hydrogens (tertiary/aromatic N) is 5. The lowest BCUT2D eigenvalue weighted by Gasteiger charge is -2.18. The summed E-state index contributed by atoms with van der Waals surface area (Å²) in [7, 11) is 1.58. The molecule has 234 valence electrons. The summed E-state index contributed by atoms with van der Waals surface area (Å²) in [5.41, 5.74) is -1.83. The summed E-state index contributed by atoms with van der Waals surface area (Å²) in [6.07, 6.45) is 2.57. The molecule has 0 radical (unpaired) electrons. The fourth-order valence-electron chi connectivity index (χ4n) is 4.58. The number of H-pyrrole nitrogens is 1. The van der Waals surface area contributed by atoms with Crippen LogP contribution in [0.3, 0.4) is 0 Å². The zero-order valence-corrected chi connectivity index (χ0v) is 25.3. The van der Waals surface area contributed by atoms with Crippen molar-refractivity contribution in [2.75, 3.05) is 23.5 Å². The Bertz CT molecular complexity index is 1990. The van der Waals surface area contributed by atoms with Gasteiger partial charge in [-0.3, -0.25) is 19.3 Å². The summed E-state index contributed by atoms with van der Waals surface area (Å²) in [5.74, 6) is -1.96. The SMILES string of the molecule is COC[C@@H](C)Nc1n[nH]c2nccc(Oc3ccc(N(Cl)C(=O)c4cn(C(C)C)c(=O)n(-c5ccc(F)cc5)c4=O)cc3F)c12. The van der Waals surface area contributed by atoms with Gasteiger partial charge >= 0.3 is 5.69 Å². The summed E-state index contributed by atoms with van der Waals surface area (Å²) < 4.78 is 42.4. The van der Waals surface area contributed by atoms with Crippen LogP contribution < -0.4 is 25.7 Å². The Balaban J connectivity index is 1.46. The normalized spacial score (nSPS) is 12.0. The first-order chi connectivity index (χ1) is 21.5. The van der Waals surface area contributed by atoms with Crippen molar-refractivity contribution in [2.45, 2.75) is 32.9 Å². The van der Waals surface area contributed by atoms with Crippen molar-refractivity contribution in [1.82, 2.24) is 24.3 Å². The average Bonchev–Trinajstić information content (AvgIpc) is 3.41. The number of hydrogen-bond donors (Lipinski definition) is 2. The second-order valence-corrected chi connectivity index (χ2v) is 10.7. The molecule has 45 heavy (non-hydrogen) atoms. The Kier molecular flexibility index (Phi) is 8.97. The predicted molar refractivity (Wildman–Crippen MR) is 165 cm³/mol. The zero-order chi connectivity index (χ0) is 32.4. The maximum atomic E-state index is 15.4. The second kappa shape index (κ2) is 12.9. The Labute approximate surface area is 259 Å². The van der Waals surface area contributed by atoms with E-state index in [1.807, 2.05) is 6.92 Å². The van der Waals surface area contributed by atoms with Crippen LogP contribution in [0.2, 0.25) is 0 Å². The maximum absolute atomic E-state index is 15.4. The molecule has 0 saturated heterocycles. The monoisotopic (exact) mass is 639 g/mol. The minimum Gasteiger partial charge on any atom is -0.453 e. The quantitative estimate of drug-likeness (QED) is 0.200. The second-order valence-electron chi connectivity index (χ2n) is 10.4. The number of benzene rings is 2. The van der Waals surface area contributed by atoms with Crippen LogP contribution in [0.25, 0.3) is 16.7 Å². The van der Waals surface area contributed by atoms with Gasteiger partial charge in [-0.05, 0) is 57.2 Å². The third kappa shape index (κ3) is 6.28. The fourth-order valence-corrected chi connectivity index (χ4v) is 4.78. The number of rotatable bonds is 10. The van der Waals surface area contributed by atoms with Crippen LogP contribution >= 0.6 is 11.8 Å². The van der Waals surface area contributed by atoms with Crippen molar-refractivity contribution in [2.24, 2.45) is 0 Å². The van der Waals surface area contributed by atoms with Crippen molar-refractivity contribution >= 4 is 40.2 Å². The number of aromatic nitrogens is 5. The standard InChI is InChI=1S/C30H28ClF2N7O5/c1-16(2)38-14-21(28(41)39(30(38)43)19-7-5-18(32)6-8-19)29(42)40(31)20-9-10-23(22(33)13-20)45-24-11-12-34-26-25(24)27(37-36-26)35-17(3)15-44-4/h5-14,16-17H,15H2,1-4H3,(H2,34,35,36,37)/t17-/m1/s1. The summed E-state index contributed by atoms with van der Waals surface area (Å²) in [5, 5.41) is 10.7. The first-order valence-electron chi connectivity index (χ1n) is 13.7. The molecule has 5 rings (SSSR count). The molecule has 2 aromatic carbocycles. The van der Waals surface area contributed by atoms with E-state index in [-0.39, 0.29) is 28.9 Å². The van der Waals surface area contributed by atoms with E-state index >= 15 is 4.39 Å². The molecular weight excluding hydrogens is 612 g/mol. The number of fused-ring (bicyclic) bond motifs is 1. The fraction of sp³-hybridized carbons (Fsp3) is 0.233. The van der Waals surface area contributed by atoms with Crippen molar-refractivity contribution in [3.05, 3.63) is 99.0 Å². The molecule has 0 spiro atoms. The molecule has 0 saturated carbocycles. The van der Waals surface area contributed by atoms with Gasteiger partial charge in [0.25, 0.3) is 11.5 Å². The minimum atomic E-state index is -1.02. The highest BCUT2D eigenvalue weighted by molar-refractivity contribution is 6.39. The summed E-state index contributed by atoms with van der Waals surface area (Å²) in [6.45, 7) is 5.67. The number of aromatic amines is 1. The van der Waals surface area contributed by atoms with Crippen LogP contribution in [-0.4, -0.2) is 50.0 Å². The summed E-state index contributed by atoms with van der Waals surface area (Å²) >= 11 is 6.35. The number of halogens is 3. The maximum Gasteiger partial charge on any atom is 0.335 e. The van der Waals surface area contributed by atoms with E-state index in [4.69, 9.17) is 21.3 Å². The number of nitrogens with one attached hydrogen (secondary N) is 2. The average molecular weight is 640 g/mol. The lowest BCUT2D eigenvalue weighted by atomic mass is 10.2. The Morgan fingerprint density at radius 2 is 1.82 bits per heavy atom. The predicted octanol–water partition coefficient (Wildman–Crippen LogP) is 5.17. The van der Waals surface area contributed by atoms with Crippen LogP contribution in [0.5, 0.6) is 11.5 Å². The van der Waals surface area contributed by atoms with Crippen molar-refractivity contribution in [3.8, 4) is 17.2 Å². The van der Waals surface area contributed by atoms with Gasteiger partial charge < -0.3 is 14.8 Å². The summed E-state index contributed by atoms with van der Waals surface area (Å²) in [6, 6.07) is 9.19. The Morgan fingerprint density at radius 3 is 2.49 bits per heavy atom. The zero-order valence-electron chi connectivity index (χ0n) is 24.5. The molecule has 1 atom stereocenters. The molecule has 3 heterocycles. The molecule has 0 bridgehead atoms. The van der Waals surface area contributed by atoms with E-state index in [1.165, 1.54) is 35.0 Å². The van der Waals surface area contributed by atoms with Crippen molar-refractivity contribution in [3.63, 3.8) is 0 Å². The van der Waals surface area contributed by atoms with Gasteiger partial charge in [0.15, 0.2) is 23.0 Å². The van der Waals surface area contributed by atoms with Gasteiger partial charge in [0.05, 0.1) is 18.0 Å². The number of amides is 1. The van der Waals surface area contributed by atoms with E-state index in [0.717, 1.165) is 29.0 Å². The molecule has 15 heteroatoms. The number of carbonyl (C=O) groups is 1. The Morgan fingerprint density at radius 1 is 1.09 bits per heavy atom. The smallest absolute Gasteiger partial charge is 0.335 e. The van der Waals surface area contributed by atoms with Crippen LogP contribution in [0.1, 0.15) is 37.2 Å². The molecule has 1 amide bonds. The van der Waals surface area contributed by atoms with Gasteiger partial charge in [-0.25, -0.2) is 27.5 Å². The van der Waals surface area contributed by atoms with Crippen molar-refractivity contribution < 1.29 is 23.0 Å². The van der Waals surface area contributed by atoms with Gasteiger partial charge in [-0.1, -0.05) is 0 Å². The molecule has 0 aliphatic carbocycles. The lowest BCUT2D eigenvalue weighted by molar-refractivity contribution is 0.100. The molecule has 0 aliphatic rings. The van der Waals surface area contributed by atoms with E-state index < -0.39 is 40.4 Å². The van der Waals surface area contributed by atoms with Gasteiger partial charge in [-0.2, -0.15) is 5.10 Å². The number of anilines is 2. The number of methoxy groups -OCH3 is 1. The number of ether oxygens (including phenoxy) is 2. The Hall–Kier alpha value is -5.08. The summed E-state index contributed by atoms with van der Waals surface area (Å²) in [4.78, 5) is 44.2. The third-order valence-corrected chi connectivity index (χ3v) is 7.10. The first kappa shape index (κ1) is 31.3. The van der Waals surface area contributed by atoms with Gasteiger partial charge in [0.1, 0.15) is 22.5 Å². The first-order valence-corrected chi connectivity index (χ1v) is 14.0. The molecule has 12 nitrogen and oxygen atoms in total. The molecule has 0 fully saturated rings. The largest absolute Gasteiger partial charge is 0.453 e. The topological polar surface area (TPSA) is 136 Å². The highest BCUT2D eigenvalue weighted by atomic mass is 35.5. The molecule has 0 aliphatic heterocycles. The molecular formula is C30H28ClF2N7O5. The third-order valence-electron chi connectivity index (χ3n) is 6.75. The molecule has 0 unspecified atom stereocenters. The number of carbonyl (C=O) groups excluding carboxylic acids is 1. The van der Waals surface area contributed by atoms with Crippen LogP contribution in [0.15, 0.2) is 70.5 Å². The van der Waals surface area contributed by atoms with Crippen molar-refractivity contribution in [1.29, 1.82) is 0 Å². The van der Waals surface area contributed by atoms with Crippen LogP contribution in [0, 0.1) is 11.6 Å². The van der Waals surface area contributed by atoms with Crippen LogP contribution in [-0.2, 0) is 4.74 Å². The highest BCUT2D eigenvalue weighted by Crippen LogP contribution is 2.35. The van der Waals surface area contributed by atoms with E-state index in [2.05, 4.69) is 20.5 Å². The number of hydrogen-bond acceptors (Lipinski definition) is 8. The van der Waals surface area contributed by atoms with Crippen LogP contribution in [0.4, 0.5) is 20.3 Å².